The number of rotatable bonds is 4. The second kappa shape index (κ2) is 6.70. The first-order valence-corrected chi connectivity index (χ1v) is 12.2. The molecule has 0 fully saturated rings. The first kappa shape index (κ1) is 18.9. The molecule has 3 rings (SSSR count). The maximum absolute atomic E-state index is 12.3. The van der Waals surface area contributed by atoms with Crippen LogP contribution in [-0.2, 0) is 32.5 Å². The van der Waals surface area contributed by atoms with Gasteiger partial charge in [-0.15, -0.1) is 0 Å². The lowest BCUT2D eigenvalue weighted by atomic mass is 9.87. The van der Waals surface area contributed by atoms with Gasteiger partial charge in [-0.25, -0.2) is 16.8 Å². The van der Waals surface area contributed by atoms with Crippen LogP contribution in [0.5, 0.6) is 0 Å². The zero-order chi connectivity index (χ0) is 19.1. The SMILES string of the molecule is CN(c1ccc(S(C)(=O)=O)cc1S(C)(=O)=O)C1CCc2ccccc2C1. The van der Waals surface area contributed by atoms with E-state index < -0.39 is 19.7 Å². The lowest BCUT2D eigenvalue weighted by Crippen LogP contribution is -2.37. The Bertz CT molecular complexity index is 1040. The molecular weight excluding hydrogens is 370 g/mol. The van der Waals surface area contributed by atoms with Gasteiger partial charge in [0.2, 0.25) is 0 Å². The van der Waals surface area contributed by atoms with E-state index in [1.807, 2.05) is 24.1 Å². The number of hydrogen-bond acceptors (Lipinski definition) is 5. The van der Waals surface area contributed by atoms with Gasteiger partial charge in [0.1, 0.15) is 0 Å². The van der Waals surface area contributed by atoms with E-state index >= 15 is 0 Å². The summed E-state index contributed by atoms with van der Waals surface area (Å²) in [6, 6.07) is 12.8. The van der Waals surface area contributed by atoms with Crippen LogP contribution in [0.1, 0.15) is 17.5 Å². The number of fused-ring (bicyclic) bond motifs is 1. The van der Waals surface area contributed by atoms with Gasteiger partial charge in [0.05, 0.1) is 15.5 Å². The highest BCUT2D eigenvalue weighted by molar-refractivity contribution is 7.91. The predicted octanol–water partition coefficient (Wildman–Crippen LogP) is 2.49. The summed E-state index contributed by atoms with van der Waals surface area (Å²) in [6.07, 6.45) is 4.90. The first-order valence-electron chi connectivity index (χ1n) is 8.41. The Morgan fingerprint density at radius 1 is 0.923 bits per heavy atom. The van der Waals surface area contributed by atoms with Crippen LogP contribution < -0.4 is 4.90 Å². The summed E-state index contributed by atoms with van der Waals surface area (Å²) in [5.74, 6) is 0. The molecule has 0 aliphatic heterocycles. The lowest BCUT2D eigenvalue weighted by Gasteiger charge is -2.35. The van der Waals surface area contributed by atoms with Crippen molar-refractivity contribution >= 4 is 25.4 Å². The summed E-state index contributed by atoms with van der Waals surface area (Å²) < 4.78 is 48.2. The highest BCUT2D eigenvalue weighted by atomic mass is 32.2. The Hall–Kier alpha value is -1.86. The second-order valence-corrected chi connectivity index (χ2v) is 10.9. The highest BCUT2D eigenvalue weighted by Crippen LogP contribution is 2.32. The largest absolute Gasteiger partial charge is 0.370 e. The third-order valence-electron chi connectivity index (χ3n) is 5.01. The Balaban J connectivity index is 2.01. The number of hydrogen-bond donors (Lipinski definition) is 0. The molecule has 1 unspecified atom stereocenters. The fourth-order valence-electron chi connectivity index (χ4n) is 3.52. The molecule has 0 heterocycles. The molecule has 0 bridgehead atoms. The molecule has 0 amide bonds. The zero-order valence-corrected chi connectivity index (χ0v) is 16.8. The molecule has 2 aromatic rings. The molecule has 5 nitrogen and oxygen atoms in total. The van der Waals surface area contributed by atoms with Crippen LogP contribution in [0.2, 0.25) is 0 Å². The van der Waals surface area contributed by atoms with Gasteiger partial charge in [-0.2, -0.15) is 0 Å². The normalized spacial score (nSPS) is 17.6. The molecule has 0 aromatic heterocycles. The minimum absolute atomic E-state index is 0.0177. The van der Waals surface area contributed by atoms with E-state index in [-0.39, 0.29) is 15.8 Å². The van der Waals surface area contributed by atoms with E-state index in [1.54, 1.807) is 6.07 Å². The number of nitrogens with zero attached hydrogens (tertiary/aromatic N) is 1. The molecule has 7 heteroatoms. The van der Waals surface area contributed by atoms with Crippen LogP contribution in [0.4, 0.5) is 5.69 Å². The van der Waals surface area contributed by atoms with Gasteiger partial charge >= 0.3 is 0 Å². The van der Waals surface area contributed by atoms with E-state index in [0.29, 0.717) is 5.69 Å². The van der Waals surface area contributed by atoms with Crippen molar-refractivity contribution in [2.45, 2.75) is 35.1 Å². The third-order valence-corrected chi connectivity index (χ3v) is 7.24. The number of likely N-dealkylation sites (N-methyl/N-ethyl adjacent to an activating group) is 1. The van der Waals surface area contributed by atoms with E-state index in [4.69, 9.17) is 0 Å². The van der Waals surface area contributed by atoms with Crippen molar-refractivity contribution in [2.75, 3.05) is 24.5 Å². The molecule has 1 atom stereocenters. The minimum atomic E-state index is -3.57. The van der Waals surface area contributed by atoms with Crippen LogP contribution in [0.15, 0.2) is 52.3 Å². The Kier molecular flexibility index (Phi) is 4.88. The molecule has 1 aliphatic carbocycles. The van der Waals surface area contributed by atoms with Crippen molar-refractivity contribution in [3.8, 4) is 0 Å². The van der Waals surface area contributed by atoms with Crippen molar-refractivity contribution in [3.63, 3.8) is 0 Å². The summed E-state index contributed by atoms with van der Waals surface area (Å²) in [5.41, 5.74) is 3.17. The molecule has 26 heavy (non-hydrogen) atoms. The van der Waals surface area contributed by atoms with Crippen LogP contribution >= 0.6 is 0 Å². The average Bonchev–Trinajstić information content (AvgIpc) is 2.58. The molecule has 0 saturated carbocycles. The predicted molar refractivity (Wildman–Crippen MR) is 103 cm³/mol. The van der Waals surface area contributed by atoms with Gasteiger partial charge in [-0.05, 0) is 48.6 Å². The monoisotopic (exact) mass is 393 g/mol. The first-order chi connectivity index (χ1) is 12.1. The molecular formula is C19H23NO4S2. The van der Waals surface area contributed by atoms with Crippen LogP contribution in [0.25, 0.3) is 0 Å². The minimum Gasteiger partial charge on any atom is -0.370 e. The maximum atomic E-state index is 12.3. The van der Waals surface area contributed by atoms with Crippen molar-refractivity contribution in [1.82, 2.24) is 0 Å². The third kappa shape index (κ3) is 3.78. The van der Waals surface area contributed by atoms with Crippen molar-refractivity contribution in [2.24, 2.45) is 0 Å². The summed E-state index contributed by atoms with van der Waals surface area (Å²) in [7, 11) is -5.16. The van der Waals surface area contributed by atoms with Gasteiger partial charge in [0.15, 0.2) is 19.7 Å². The molecule has 0 N–H and O–H groups in total. The molecule has 0 radical (unpaired) electrons. The van der Waals surface area contributed by atoms with Crippen LogP contribution in [-0.4, -0.2) is 42.4 Å². The fourth-order valence-corrected chi connectivity index (χ4v) is 5.17. The van der Waals surface area contributed by atoms with E-state index in [9.17, 15) is 16.8 Å². The van der Waals surface area contributed by atoms with Gasteiger partial charge in [-0.1, -0.05) is 24.3 Å². The Morgan fingerprint density at radius 2 is 1.58 bits per heavy atom. The van der Waals surface area contributed by atoms with E-state index in [1.165, 1.54) is 23.3 Å². The Morgan fingerprint density at radius 3 is 2.19 bits per heavy atom. The summed E-state index contributed by atoms with van der Waals surface area (Å²) in [5, 5.41) is 0. The van der Waals surface area contributed by atoms with E-state index in [0.717, 1.165) is 31.8 Å². The van der Waals surface area contributed by atoms with Crippen molar-refractivity contribution < 1.29 is 16.8 Å². The number of sulfone groups is 2. The van der Waals surface area contributed by atoms with Gasteiger partial charge in [0.25, 0.3) is 0 Å². The van der Waals surface area contributed by atoms with E-state index in [2.05, 4.69) is 12.1 Å². The molecule has 0 spiro atoms. The summed E-state index contributed by atoms with van der Waals surface area (Å²) in [6.45, 7) is 0. The van der Waals surface area contributed by atoms with Crippen LogP contribution in [0.3, 0.4) is 0 Å². The summed E-state index contributed by atoms with van der Waals surface area (Å²) in [4.78, 5) is 2.05. The molecule has 140 valence electrons. The van der Waals surface area contributed by atoms with Gasteiger partial charge in [0, 0.05) is 25.6 Å². The fraction of sp³-hybridized carbons (Fsp3) is 0.368. The number of aryl methyl sites for hydroxylation is 1. The molecule has 1 aliphatic rings. The summed E-state index contributed by atoms with van der Waals surface area (Å²) >= 11 is 0. The number of anilines is 1. The number of benzene rings is 2. The van der Waals surface area contributed by atoms with Crippen LogP contribution in [0, 0.1) is 0 Å². The van der Waals surface area contributed by atoms with Crippen molar-refractivity contribution in [1.29, 1.82) is 0 Å². The second-order valence-electron chi connectivity index (χ2n) is 6.95. The zero-order valence-electron chi connectivity index (χ0n) is 15.1. The quantitative estimate of drug-likeness (QED) is 0.798. The topological polar surface area (TPSA) is 71.5 Å². The molecule has 0 saturated heterocycles. The standard InChI is InChI=1S/C19H23NO4S2/c1-20(16-9-8-14-6-4-5-7-15(14)12-16)18-11-10-17(25(2,21)22)13-19(18)26(3,23)24/h4-7,10-11,13,16H,8-9,12H2,1-3H3. The Labute approximate surface area is 155 Å². The van der Waals surface area contributed by atoms with Gasteiger partial charge < -0.3 is 4.90 Å². The maximum Gasteiger partial charge on any atom is 0.177 e. The van der Waals surface area contributed by atoms with Crippen molar-refractivity contribution in [3.05, 3.63) is 53.6 Å². The highest BCUT2D eigenvalue weighted by Gasteiger charge is 2.26. The lowest BCUT2D eigenvalue weighted by molar-refractivity contribution is 0.544. The molecule has 2 aromatic carbocycles. The smallest absolute Gasteiger partial charge is 0.177 e. The average molecular weight is 394 g/mol. The van der Waals surface area contributed by atoms with Gasteiger partial charge in [-0.3, -0.25) is 0 Å².